The van der Waals surface area contributed by atoms with Crippen molar-refractivity contribution in [1.29, 1.82) is 0 Å². The van der Waals surface area contributed by atoms with Crippen LogP contribution in [-0.2, 0) is 4.79 Å². The third-order valence-electron chi connectivity index (χ3n) is 3.85. The van der Waals surface area contributed by atoms with Gasteiger partial charge in [0.1, 0.15) is 13.1 Å². The van der Waals surface area contributed by atoms with E-state index in [1.54, 1.807) is 6.92 Å². The first-order valence-electron chi connectivity index (χ1n) is 8.00. The van der Waals surface area contributed by atoms with Gasteiger partial charge in [0.15, 0.2) is 6.10 Å². The Hall–Kier alpha value is -0.910. The van der Waals surface area contributed by atoms with E-state index in [0.29, 0.717) is 18.0 Å². The molecule has 3 atom stereocenters. The first-order chi connectivity index (χ1) is 9.73. The van der Waals surface area contributed by atoms with Crippen LogP contribution in [0, 0.1) is 5.92 Å². The van der Waals surface area contributed by atoms with Crippen LogP contribution in [0.3, 0.4) is 0 Å². The van der Waals surface area contributed by atoms with Crippen molar-refractivity contribution < 1.29 is 18.9 Å². The molecule has 0 aromatic rings. The molecule has 0 aromatic heterocycles. The second-order valence-electron chi connectivity index (χ2n) is 8.45. The molecule has 0 aliphatic rings. The van der Waals surface area contributed by atoms with Crippen LogP contribution in [0.25, 0.3) is 0 Å². The summed E-state index contributed by atoms with van der Waals surface area (Å²) in [5.74, 6) is 0.226. The van der Waals surface area contributed by atoms with Gasteiger partial charge in [-0.25, -0.2) is 0 Å². The zero-order chi connectivity index (χ0) is 17.7. The van der Waals surface area contributed by atoms with E-state index in [0.717, 1.165) is 22.1 Å². The molecule has 2 N–H and O–H groups in total. The topological polar surface area (TPSA) is 49.3 Å². The fourth-order valence-electron chi connectivity index (χ4n) is 2.74. The summed E-state index contributed by atoms with van der Waals surface area (Å²) in [5.41, 5.74) is 0.533. The van der Waals surface area contributed by atoms with E-state index in [9.17, 15) is 9.90 Å². The second-order valence-corrected chi connectivity index (χ2v) is 8.45. The van der Waals surface area contributed by atoms with Crippen LogP contribution >= 0.6 is 0 Å². The number of rotatable bonds is 9. The summed E-state index contributed by atoms with van der Waals surface area (Å²) in [6, 6.07) is 0.0807. The molecule has 0 aliphatic heterocycles. The highest BCUT2D eigenvalue weighted by Crippen LogP contribution is 2.12. The van der Waals surface area contributed by atoms with Gasteiger partial charge in [-0.3, -0.25) is 4.79 Å². The molecule has 0 fully saturated rings. The number of carbonyl (C=O) groups excluding carboxylic acids is 1. The molecule has 0 aromatic carbocycles. The van der Waals surface area contributed by atoms with Crippen molar-refractivity contribution in [3.63, 3.8) is 0 Å². The fourth-order valence-corrected chi connectivity index (χ4v) is 2.74. The van der Waals surface area contributed by atoms with Gasteiger partial charge in [-0.2, -0.15) is 0 Å². The van der Waals surface area contributed by atoms with Crippen LogP contribution in [-0.4, -0.2) is 87.0 Å². The Balaban J connectivity index is 4.50. The van der Waals surface area contributed by atoms with Crippen LogP contribution in [0.5, 0.6) is 0 Å². The molecule has 5 heteroatoms. The van der Waals surface area contributed by atoms with Gasteiger partial charge in [-0.05, 0) is 13.8 Å². The summed E-state index contributed by atoms with van der Waals surface area (Å²) >= 11 is 0. The van der Waals surface area contributed by atoms with Crippen molar-refractivity contribution in [3.8, 4) is 0 Å². The molecule has 130 valence electrons. The normalized spacial score (nSPS) is 16.8. The Kier molecular flexibility index (Phi) is 7.75. The minimum absolute atomic E-state index is 0.0807. The Labute approximate surface area is 136 Å². The SMILES string of the molecule is C=C(C)C(=O)NC(C)C(C)C[N+](C)(C)CC(O)C[N+](C)(C)C. The minimum Gasteiger partial charge on any atom is -0.382 e. The van der Waals surface area contributed by atoms with E-state index in [1.807, 2.05) is 6.92 Å². The van der Waals surface area contributed by atoms with Crippen LogP contribution < -0.4 is 5.32 Å². The van der Waals surface area contributed by atoms with Crippen molar-refractivity contribution in [3.05, 3.63) is 12.2 Å². The molecule has 0 saturated carbocycles. The molecule has 0 bridgehead atoms. The highest BCUT2D eigenvalue weighted by Gasteiger charge is 2.28. The lowest BCUT2D eigenvalue weighted by Gasteiger charge is -2.37. The maximum atomic E-state index is 11.7. The number of carbonyl (C=O) groups is 1. The van der Waals surface area contributed by atoms with Crippen LogP contribution in [0.4, 0.5) is 0 Å². The molecule has 0 rings (SSSR count). The minimum atomic E-state index is -0.331. The molecular weight excluding hydrogens is 278 g/mol. The van der Waals surface area contributed by atoms with Gasteiger partial charge in [0, 0.05) is 17.5 Å². The van der Waals surface area contributed by atoms with Crippen LogP contribution in [0.1, 0.15) is 20.8 Å². The zero-order valence-electron chi connectivity index (χ0n) is 15.8. The number of amides is 1. The van der Waals surface area contributed by atoms with E-state index in [-0.39, 0.29) is 18.1 Å². The maximum absolute atomic E-state index is 11.7. The number of likely N-dealkylation sites (N-methyl/N-ethyl adjacent to an activating group) is 2. The van der Waals surface area contributed by atoms with E-state index < -0.39 is 0 Å². The van der Waals surface area contributed by atoms with E-state index in [2.05, 4.69) is 54.1 Å². The van der Waals surface area contributed by atoms with Crippen molar-refractivity contribution in [2.75, 3.05) is 54.9 Å². The zero-order valence-corrected chi connectivity index (χ0v) is 15.8. The Bertz CT molecular complexity index is 386. The third-order valence-corrected chi connectivity index (χ3v) is 3.85. The average Bonchev–Trinajstić information content (AvgIpc) is 2.23. The molecule has 1 amide bonds. The monoisotopic (exact) mass is 315 g/mol. The maximum Gasteiger partial charge on any atom is 0.246 e. The van der Waals surface area contributed by atoms with E-state index in [1.165, 1.54) is 0 Å². The standard InChI is InChI=1S/C17H36N3O2/c1-13(2)17(22)18-15(4)14(3)10-20(8,9)12-16(21)11-19(5,6)7/h14-16,21H,1,10-12H2,2-9H3/q+1/p+1. The van der Waals surface area contributed by atoms with Crippen molar-refractivity contribution in [1.82, 2.24) is 5.32 Å². The lowest BCUT2D eigenvalue weighted by molar-refractivity contribution is -0.909. The molecule has 0 saturated heterocycles. The molecule has 3 unspecified atom stereocenters. The summed E-state index contributed by atoms with van der Waals surface area (Å²) in [5, 5.41) is 13.3. The smallest absolute Gasteiger partial charge is 0.246 e. The first kappa shape index (κ1) is 21.1. The molecule has 0 heterocycles. The average molecular weight is 316 g/mol. The predicted molar refractivity (Wildman–Crippen MR) is 92.3 cm³/mol. The largest absolute Gasteiger partial charge is 0.382 e. The fraction of sp³-hybridized carbons (Fsp3) is 0.824. The van der Waals surface area contributed by atoms with E-state index >= 15 is 0 Å². The lowest BCUT2D eigenvalue weighted by atomic mass is 10.0. The molecule has 0 spiro atoms. The van der Waals surface area contributed by atoms with Gasteiger partial charge in [0.2, 0.25) is 5.91 Å². The van der Waals surface area contributed by atoms with Gasteiger partial charge in [-0.15, -0.1) is 0 Å². The number of nitrogens with zero attached hydrogens (tertiary/aromatic N) is 2. The first-order valence-corrected chi connectivity index (χ1v) is 8.00. The number of aliphatic hydroxyl groups excluding tert-OH is 1. The Morgan fingerprint density at radius 2 is 1.59 bits per heavy atom. The quantitative estimate of drug-likeness (QED) is 0.489. The summed E-state index contributed by atoms with van der Waals surface area (Å²) in [6.45, 7) is 11.9. The molecule has 22 heavy (non-hydrogen) atoms. The number of aliphatic hydroxyl groups is 1. The van der Waals surface area contributed by atoms with Crippen molar-refractivity contribution >= 4 is 5.91 Å². The molecule has 5 nitrogen and oxygen atoms in total. The van der Waals surface area contributed by atoms with Gasteiger partial charge in [0.05, 0.1) is 41.8 Å². The number of nitrogens with one attached hydrogen (secondary N) is 1. The molecular formula is C17H37N3O2+2. The summed E-state index contributed by atoms with van der Waals surface area (Å²) < 4.78 is 1.48. The molecule has 0 radical (unpaired) electrons. The number of hydrogen-bond acceptors (Lipinski definition) is 2. The Morgan fingerprint density at radius 1 is 1.09 bits per heavy atom. The third kappa shape index (κ3) is 9.18. The highest BCUT2D eigenvalue weighted by atomic mass is 16.3. The summed E-state index contributed by atoms with van der Waals surface area (Å²) in [6.07, 6.45) is -0.331. The summed E-state index contributed by atoms with van der Waals surface area (Å²) in [4.78, 5) is 11.7. The highest BCUT2D eigenvalue weighted by molar-refractivity contribution is 5.92. The Morgan fingerprint density at radius 3 is 2.00 bits per heavy atom. The number of hydrogen-bond donors (Lipinski definition) is 2. The predicted octanol–water partition coefficient (Wildman–Crippen LogP) is 0.847. The van der Waals surface area contributed by atoms with Gasteiger partial charge >= 0.3 is 0 Å². The lowest BCUT2D eigenvalue weighted by Crippen LogP contribution is -2.54. The second kappa shape index (κ2) is 8.09. The van der Waals surface area contributed by atoms with E-state index in [4.69, 9.17) is 0 Å². The van der Waals surface area contributed by atoms with Crippen molar-refractivity contribution in [2.24, 2.45) is 5.92 Å². The van der Waals surface area contributed by atoms with Gasteiger partial charge in [0.25, 0.3) is 0 Å². The van der Waals surface area contributed by atoms with Gasteiger partial charge < -0.3 is 19.4 Å². The summed E-state index contributed by atoms with van der Waals surface area (Å²) in [7, 11) is 10.5. The number of quaternary nitrogens is 2. The van der Waals surface area contributed by atoms with Crippen molar-refractivity contribution in [2.45, 2.75) is 32.9 Å². The molecule has 0 aliphatic carbocycles. The van der Waals surface area contributed by atoms with Crippen LogP contribution in [0.2, 0.25) is 0 Å². The van der Waals surface area contributed by atoms with Gasteiger partial charge in [-0.1, -0.05) is 13.5 Å². The van der Waals surface area contributed by atoms with Crippen LogP contribution in [0.15, 0.2) is 12.2 Å².